The average Bonchev–Trinajstić information content (AvgIpc) is 4.14. The van der Waals surface area contributed by atoms with Gasteiger partial charge in [-0.2, -0.15) is 0 Å². The predicted octanol–water partition coefficient (Wildman–Crippen LogP) is 10.5. The summed E-state index contributed by atoms with van der Waals surface area (Å²) in [7, 11) is 0. The number of para-hydroxylation sites is 1. The lowest BCUT2D eigenvalue weighted by molar-refractivity contribution is -0.144. The Morgan fingerprint density at radius 3 is 2.20 bits per heavy atom. The van der Waals surface area contributed by atoms with Crippen LogP contribution in [0.1, 0.15) is 113 Å². The van der Waals surface area contributed by atoms with Crippen LogP contribution in [0.5, 0.6) is 0 Å². The number of anilines is 4. The number of hydrogen-bond acceptors (Lipinski definition) is 11. The molecular formula is C58H66N10O6S. The van der Waals surface area contributed by atoms with Crippen LogP contribution in [0.2, 0.25) is 0 Å². The Hall–Kier alpha value is -7.76. The highest BCUT2D eigenvalue weighted by Gasteiger charge is 2.44. The molecule has 390 valence electrons. The van der Waals surface area contributed by atoms with Crippen molar-refractivity contribution >= 4 is 74.7 Å². The number of H-pyrrole nitrogens is 1. The summed E-state index contributed by atoms with van der Waals surface area (Å²) in [5, 5.41) is 26.9. The van der Waals surface area contributed by atoms with Crippen LogP contribution < -0.4 is 26.6 Å². The van der Waals surface area contributed by atoms with Crippen LogP contribution >= 0.6 is 11.3 Å². The van der Waals surface area contributed by atoms with Gasteiger partial charge in [0, 0.05) is 77.2 Å². The number of amides is 5. The van der Waals surface area contributed by atoms with E-state index in [9.17, 15) is 29.1 Å². The smallest absolute Gasteiger partial charge is 0.255 e. The predicted molar refractivity (Wildman–Crippen MR) is 295 cm³/mol. The van der Waals surface area contributed by atoms with Gasteiger partial charge in [-0.15, -0.1) is 11.3 Å². The number of β-amino-alcohol motifs (C(OH)–C–C–N with tert-alkyl or cyclic N) is 1. The number of fused-ring (bicyclic) bond motifs is 1. The van der Waals surface area contributed by atoms with Crippen LogP contribution in [-0.4, -0.2) is 84.2 Å². The SMILES string of the molecule is Cc1ncsc1-c1ccc(C(C)NC(=O)C2CC(O)CN2C(=O)C(NC(=O)CCCCCCCCC(=O)Nc2ccc(C(=O)Nc3cccc(Nc4cc(-c5c[nH]c6ccccc56)ncn4)c3)cc2)C(C)(C)C)cc1. The van der Waals surface area contributed by atoms with E-state index in [2.05, 4.69) is 46.5 Å². The summed E-state index contributed by atoms with van der Waals surface area (Å²) < 4.78 is 0. The molecule has 1 aliphatic heterocycles. The molecule has 0 spiro atoms. The Morgan fingerprint density at radius 2 is 1.48 bits per heavy atom. The zero-order chi connectivity index (χ0) is 53.1. The van der Waals surface area contributed by atoms with E-state index < -0.39 is 29.5 Å². The second-order valence-electron chi connectivity index (χ2n) is 20.3. The molecule has 75 heavy (non-hydrogen) atoms. The van der Waals surface area contributed by atoms with E-state index in [1.54, 1.807) is 41.7 Å². The van der Waals surface area contributed by atoms with Crippen LogP contribution in [0.4, 0.5) is 22.9 Å². The van der Waals surface area contributed by atoms with Gasteiger partial charge in [0.25, 0.3) is 5.91 Å². The molecule has 0 aliphatic carbocycles. The number of carbonyl (C=O) groups excluding carboxylic acids is 5. The summed E-state index contributed by atoms with van der Waals surface area (Å²) in [5.41, 5.74) is 9.24. The molecule has 8 rings (SSSR count). The van der Waals surface area contributed by atoms with Gasteiger partial charge in [-0.05, 0) is 91.8 Å². The summed E-state index contributed by atoms with van der Waals surface area (Å²) >= 11 is 1.58. The number of aromatic nitrogens is 4. The number of hydrogen-bond donors (Lipinski definition) is 7. The molecule has 4 aromatic carbocycles. The lowest BCUT2D eigenvalue weighted by Crippen LogP contribution is -2.57. The number of aryl methyl sites for hydroxylation is 1. The number of nitrogens with one attached hydrogen (secondary N) is 6. The molecule has 0 radical (unpaired) electrons. The molecule has 5 amide bonds. The van der Waals surface area contributed by atoms with Crippen molar-refractivity contribution in [1.29, 1.82) is 0 Å². The zero-order valence-corrected chi connectivity index (χ0v) is 43.9. The minimum Gasteiger partial charge on any atom is -0.391 e. The van der Waals surface area contributed by atoms with Crippen molar-refractivity contribution in [2.24, 2.45) is 5.41 Å². The molecule has 4 atom stereocenters. The van der Waals surface area contributed by atoms with E-state index in [1.807, 2.05) is 119 Å². The van der Waals surface area contributed by atoms with Gasteiger partial charge in [0.15, 0.2) is 0 Å². The maximum Gasteiger partial charge on any atom is 0.255 e. The van der Waals surface area contributed by atoms with Crippen LogP contribution in [0.15, 0.2) is 121 Å². The number of unbranched alkanes of at least 4 members (excludes halogenated alkanes) is 5. The Bertz CT molecular complexity index is 3110. The second-order valence-corrected chi connectivity index (χ2v) is 21.2. The average molecular weight is 1030 g/mol. The van der Waals surface area contributed by atoms with Crippen molar-refractivity contribution in [3.8, 4) is 21.7 Å². The first kappa shape index (κ1) is 53.5. The van der Waals surface area contributed by atoms with Gasteiger partial charge in [-0.1, -0.05) is 95.0 Å². The minimum absolute atomic E-state index is 0.00490. The topological polar surface area (TPSA) is 223 Å². The number of carbonyl (C=O) groups is 5. The molecule has 17 heteroatoms. The molecule has 4 heterocycles. The van der Waals surface area contributed by atoms with Gasteiger partial charge in [0.05, 0.1) is 33.9 Å². The van der Waals surface area contributed by atoms with Gasteiger partial charge in [0.1, 0.15) is 24.2 Å². The number of nitrogens with zero attached hydrogens (tertiary/aromatic N) is 4. The van der Waals surface area contributed by atoms with E-state index in [0.717, 1.165) is 75.2 Å². The first-order chi connectivity index (χ1) is 36.1. The molecule has 4 unspecified atom stereocenters. The fraction of sp³-hybridized carbons (Fsp3) is 0.345. The summed E-state index contributed by atoms with van der Waals surface area (Å²) in [6.45, 7) is 9.49. The van der Waals surface area contributed by atoms with E-state index in [4.69, 9.17) is 0 Å². The molecule has 7 aromatic rings. The normalized spacial score (nSPS) is 15.3. The molecule has 16 nitrogen and oxygen atoms in total. The Kier molecular flexibility index (Phi) is 17.5. The quantitative estimate of drug-likeness (QED) is 0.0337. The lowest BCUT2D eigenvalue weighted by atomic mass is 9.85. The lowest BCUT2D eigenvalue weighted by Gasteiger charge is -2.35. The van der Waals surface area contributed by atoms with Crippen molar-refractivity contribution in [1.82, 2.24) is 35.5 Å². The number of rotatable bonds is 21. The molecule has 0 bridgehead atoms. The van der Waals surface area contributed by atoms with Crippen molar-refractivity contribution in [2.75, 3.05) is 22.5 Å². The van der Waals surface area contributed by atoms with Crippen molar-refractivity contribution in [3.05, 3.63) is 138 Å². The van der Waals surface area contributed by atoms with Crippen LogP contribution in [0, 0.1) is 12.3 Å². The van der Waals surface area contributed by atoms with E-state index >= 15 is 0 Å². The fourth-order valence-corrected chi connectivity index (χ4v) is 10.1. The molecular weight excluding hydrogens is 965 g/mol. The summed E-state index contributed by atoms with van der Waals surface area (Å²) in [4.78, 5) is 86.0. The Balaban J connectivity index is 0.712. The number of benzene rings is 4. The van der Waals surface area contributed by atoms with E-state index in [-0.39, 0.29) is 49.1 Å². The number of likely N-dealkylation sites (tertiary alicyclic amines) is 1. The highest BCUT2D eigenvalue weighted by atomic mass is 32.1. The van der Waals surface area contributed by atoms with Crippen LogP contribution in [-0.2, 0) is 19.2 Å². The number of thiazole rings is 1. The van der Waals surface area contributed by atoms with Gasteiger partial charge in [-0.25, -0.2) is 15.0 Å². The Morgan fingerprint density at radius 1 is 0.773 bits per heavy atom. The summed E-state index contributed by atoms with van der Waals surface area (Å²) in [5.74, 6) is -0.775. The number of aliphatic hydroxyl groups excluding tert-OH is 1. The minimum atomic E-state index is -0.892. The number of aliphatic hydroxyl groups is 1. The van der Waals surface area contributed by atoms with Crippen molar-refractivity contribution in [2.45, 2.75) is 117 Å². The van der Waals surface area contributed by atoms with Gasteiger partial charge >= 0.3 is 0 Å². The third-order valence-electron chi connectivity index (χ3n) is 13.5. The third-order valence-corrected chi connectivity index (χ3v) is 14.5. The summed E-state index contributed by atoms with van der Waals surface area (Å²) in [6.07, 6.45) is 8.13. The maximum atomic E-state index is 14.1. The Labute approximate surface area is 441 Å². The molecule has 1 fully saturated rings. The van der Waals surface area contributed by atoms with Gasteiger partial charge in [0.2, 0.25) is 23.6 Å². The van der Waals surface area contributed by atoms with Gasteiger partial charge < -0.3 is 41.6 Å². The maximum absolute atomic E-state index is 14.1. The van der Waals surface area contributed by atoms with Gasteiger partial charge in [-0.3, -0.25) is 24.0 Å². The standard InChI is InChI=1S/C58H66N10O6S/c1-36(38-21-23-39(24-22-38)53-37(2)62-35-75-53)63-56(73)49-30-44(69)33-68(49)57(74)54(58(3,4)5)67-52(71)20-11-9-7-6-8-10-19-51(70)65-41-27-25-40(26-28-41)55(72)66-43-16-14-15-42(29-43)64-50-31-48(60-34-61-50)46-32-59-47-18-13-12-17-45(46)47/h12-18,21-29,31-32,34-36,44,49,54,59,69H,6-11,19-20,30,33H2,1-5H3,(H,63,73)(H,65,70)(H,66,72)(H,67,71)(H,60,61,64). The number of aromatic amines is 1. The third kappa shape index (κ3) is 14.1. The first-order valence-electron chi connectivity index (χ1n) is 25.6. The molecule has 1 aliphatic rings. The van der Waals surface area contributed by atoms with E-state index in [0.29, 0.717) is 42.0 Å². The largest absolute Gasteiger partial charge is 0.391 e. The van der Waals surface area contributed by atoms with Crippen LogP contribution in [0.25, 0.3) is 32.6 Å². The van der Waals surface area contributed by atoms with E-state index in [1.165, 1.54) is 11.2 Å². The van der Waals surface area contributed by atoms with Crippen molar-refractivity contribution in [3.63, 3.8) is 0 Å². The molecule has 7 N–H and O–H groups in total. The highest BCUT2D eigenvalue weighted by molar-refractivity contribution is 7.13. The molecule has 3 aromatic heterocycles. The first-order valence-corrected chi connectivity index (χ1v) is 26.5. The summed E-state index contributed by atoms with van der Waals surface area (Å²) in [6, 6.07) is 29.9. The second kappa shape index (κ2) is 24.5. The fourth-order valence-electron chi connectivity index (χ4n) is 9.34. The monoisotopic (exact) mass is 1030 g/mol. The zero-order valence-electron chi connectivity index (χ0n) is 43.1. The molecule has 1 saturated heterocycles. The molecule has 0 saturated carbocycles. The highest BCUT2D eigenvalue weighted by Crippen LogP contribution is 2.32. The van der Waals surface area contributed by atoms with Crippen LogP contribution in [0.3, 0.4) is 0 Å². The van der Waals surface area contributed by atoms with Crippen molar-refractivity contribution < 1.29 is 29.1 Å².